The summed E-state index contributed by atoms with van der Waals surface area (Å²) in [5.41, 5.74) is 10.1. The topological polar surface area (TPSA) is 35.0 Å². The van der Waals surface area contributed by atoms with Crippen molar-refractivity contribution >= 4 is 38.2 Å². The van der Waals surface area contributed by atoms with Crippen LogP contribution < -0.4 is 4.74 Å². The van der Waals surface area contributed by atoms with Gasteiger partial charge in [0, 0.05) is 34.6 Å². The lowest BCUT2D eigenvalue weighted by Crippen LogP contribution is -2.32. The van der Waals surface area contributed by atoms with Crippen LogP contribution in [-0.4, -0.2) is 15.6 Å². The van der Waals surface area contributed by atoms with Gasteiger partial charge >= 0.3 is 0 Å². The highest BCUT2D eigenvalue weighted by Gasteiger charge is 2.43. The van der Waals surface area contributed by atoms with E-state index in [1.807, 2.05) is 6.07 Å². The van der Waals surface area contributed by atoms with E-state index in [9.17, 15) is 0 Å². The molecule has 208 valence electrons. The molecule has 2 unspecified atom stereocenters. The number of para-hydroxylation sites is 1. The molecule has 0 amide bonds. The molecule has 3 nitrogen and oxygen atoms in total. The Labute approximate surface area is 255 Å². The summed E-state index contributed by atoms with van der Waals surface area (Å²) in [5.74, 6) is 1.20. The first-order chi connectivity index (χ1) is 21.6. The summed E-state index contributed by atoms with van der Waals surface area (Å²) >= 11 is 0. The van der Waals surface area contributed by atoms with Crippen LogP contribution >= 0.6 is 0 Å². The van der Waals surface area contributed by atoms with Gasteiger partial charge in [0.1, 0.15) is 11.4 Å². The number of benzene rings is 6. The summed E-state index contributed by atoms with van der Waals surface area (Å²) in [6.45, 7) is 2.17. The van der Waals surface area contributed by atoms with Gasteiger partial charge in [-0.3, -0.25) is 9.97 Å². The molecule has 6 aromatic carbocycles. The van der Waals surface area contributed by atoms with Gasteiger partial charge in [-0.1, -0.05) is 115 Å². The molecule has 1 aliphatic heterocycles. The fraction of sp³-hybridized carbons (Fsp3) is 0.0732. The average molecular weight is 565 g/mol. The number of rotatable bonds is 3. The molecular weight excluding hydrogens is 536 g/mol. The Kier molecular flexibility index (Phi) is 5.39. The summed E-state index contributed by atoms with van der Waals surface area (Å²) in [7, 11) is 0. The van der Waals surface area contributed by atoms with Crippen LogP contribution in [0.2, 0.25) is 0 Å². The second-order valence-corrected chi connectivity index (χ2v) is 12.0. The lowest BCUT2D eigenvalue weighted by atomic mass is 9.79. The van der Waals surface area contributed by atoms with Gasteiger partial charge in [0.05, 0.1) is 11.0 Å². The van der Waals surface area contributed by atoms with E-state index in [2.05, 4.69) is 139 Å². The Balaban J connectivity index is 1.02. The first kappa shape index (κ1) is 25.0. The van der Waals surface area contributed by atoms with Crippen LogP contribution in [0.3, 0.4) is 0 Å². The molecule has 0 bridgehead atoms. The molecular formula is C41H28N2O. The van der Waals surface area contributed by atoms with Crippen molar-refractivity contribution < 1.29 is 4.74 Å². The van der Waals surface area contributed by atoms with E-state index < -0.39 is 0 Å². The zero-order valence-corrected chi connectivity index (χ0v) is 24.2. The number of nitrogens with zero attached hydrogens (tertiary/aromatic N) is 2. The van der Waals surface area contributed by atoms with Crippen molar-refractivity contribution in [1.82, 2.24) is 9.97 Å². The Morgan fingerprint density at radius 3 is 1.86 bits per heavy atom. The third kappa shape index (κ3) is 3.83. The van der Waals surface area contributed by atoms with Crippen molar-refractivity contribution in [2.24, 2.45) is 0 Å². The van der Waals surface area contributed by atoms with Crippen molar-refractivity contribution in [2.75, 3.05) is 0 Å². The first-order valence-electron chi connectivity index (χ1n) is 15.1. The first-order valence-corrected chi connectivity index (χ1v) is 15.1. The van der Waals surface area contributed by atoms with Gasteiger partial charge in [0.25, 0.3) is 0 Å². The van der Waals surface area contributed by atoms with Gasteiger partial charge in [-0.25, -0.2) is 0 Å². The number of hydrogen-bond donors (Lipinski definition) is 0. The normalized spacial score (nSPS) is 18.7. The molecule has 0 fully saturated rings. The summed E-state index contributed by atoms with van der Waals surface area (Å²) in [6.07, 6.45) is 10.3. The van der Waals surface area contributed by atoms with Crippen LogP contribution in [0, 0.1) is 0 Å². The number of fused-ring (bicyclic) bond motifs is 9. The van der Waals surface area contributed by atoms with E-state index in [0.717, 1.165) is 27.6 Å². The molecule has 2 aliphatic rings. The fourth-order valence-electron chi connectivity index (χ4n) is 7.04. The number of hydrogen-bond acceptors (Lipinski definition) is 3. The van der Waals surface area contributed by atoms with E-state index in [1.165, 1.54) is 49.7 Å². The molecule has 2 heterocycles. The maximum Gasteiger partial charge on any atom is 0.135 e. The SMILES string of the molecule is CC12C=CC(c3ccc(-c4ccc(-c5ccc6c(c5)c5ccccc5c5nccnc65)cc4)cc3)=CC1c1ccccc1O2. The van der Waals surface area contributed by atoms with Gasteiger partial charge in [-0.15, -0.1) is 0 Å². The summed E-state index contributed by atoms with van der Waals surface area (Å²) in [4.78, 5) is 9.35. The second kappa shape index (κ2) is 9.48. The molecule has 0 spiro atoms. The highest BCUT2D eigenvalue weighted by atomic mass is 16.5. The molecule has 7 aromatic rings. The number of ether oxygens (including phenoxy) is 1. The van der Waals surface area contributed by atoms with Crippen molar-refractivity contribution in [1.29, 1.82) is 0 Å². The van der Waals surface area contributed by atoms with E-state index >= 15 is 0 Å². The van der Waals surface area contributed by atoms with E-state index in [0.29, 0.717) is 0 Å². The van der Waals surface area contributed by atoms with Crippen LogP contribution in [0.25, 0.3) is 60.4 Å². The molecule has 9 rings (SSSR count). The number of allylic oxidation sites excluding steroid dienone is 2. The summed E-state index contributed by atoms with van der Waals surface area (Å²) in [5, 5.41) is 4.66. The lowest BCUT2D eigenvalue weighted by molar-refractivity contribution is 0.155. The highest BCUT2D eigenvalue weighted by molar-refractivity contribution is 6.23. The van der Waals surface area contributed by atoms with E-state index in [-0.39, 0.29) is 11.5 Å². The fourth-order valence-corrected chi connectivity index (χ4v) is 7.04. The third-order valence-corrected chi connectivity index (χ3v) is 9.36. The Morgan fingerprint density at radius 2 is 1.14 bits per heavy atom. The molecule has 0 N–H and O–H groups in total. The predicted molar refractivity (Wildman–Crippen MR) is 181 cm³/mol. The molecule has 0 radical (unpaired) electrons. The highest BCUT2D eigenvalue weighted by Crippen LogP contribution is 2.49. The minimum atomic E-state index is -0.325. The van der Waals surface area contributed by atoms with Gasteiger partial charge in [-0.05, 0) is 69.3 Å². The Hall–Kier alpha value is -5.54. The molecule has 3 heteroatoms. The smallest absolute Gasteiger partial charge is 0.135 e. The van der Waals surface area contributed by atoms with Crippen molar-refractivity contribution in [3.63, 3.8) is 0 Å². The minimum Gasteiger partial charge on any atom is -0.482 e. The third-order valence-electron chi connectivity index (χ3n) is 9.36. The molecule has 0 saturated heterocycles. The average Bonchev–Trinajstić information content (AvgIpc) is 3.40. The van der Waals surface area contributed by atoms with Crippen LogP contribution in [0.1, 0.15) is 24.0 Å². The van der Waals surface area contributed by atoms with Gasteiger partial charge < -0.3 is 4.74 Å². The van der Waals surface area contributed by atoms with Crippen molar-refractivity contribution in [3.8, 4) is 28.0 Å². The van der Waals surface area contributed by atoms with E-state index in [1.54, 1.807) is 12.4 Å². The van der Waals surface area contributed by atoms with Crippen molar-refractivity contribution in [3.05, 3.63) is 157 Å². The maximum atomic E-state index is 6.32. The summed E-state index contributed by atoms with van der Waals surface area (Å²) in [6, 6.07) is 41.3. The number of aromatic nitrogens is 2. The monoisotopic (exact) mass is 564 g/mol. The van der Waals surface area contributed by atoms with Crippen molar-refractivity contribution in [2.45, 2.75) is 18.4 Å². The zero-order chi connectivity index (χ0) is 29.3. The Bertz CT molecular complexity index is 2280. The standard InChI is InChI=1S/C41H28N2O/c1-41-21-20-31(25-37(41)35-8-4-5-9-38(35)44-41)29-16-12-27(13-17-29)26-10-14-28(15-11-26)30-18-19-34-36(24-30)32-6-2-3-7-33(32)39-40(34)43-23-22-42-39/h2-25,37H,1H3. The molecule has 44 heavy (non-hydrogen) atoms. The van der Waals surface area contributed by atoms with Crippen LogP contribution in [0.4, 0.5) is 0 Å². The molecule has 1 aromatic heterocycles. The summed E-state index contributed by atoms with van der Waals surface area (Å²) < 4.78 is 6.32. The van der Waals surface area contributed by atoms with Crippen LogP contribution in [-0.2, 0) is 0 Å². The molecule has 2 atom stereocenters. The van der Waals surface area contributed by atoms with E-state index in [4.69, 9.17) is 9.72 Å². The Morgan fingerprint density at radius 1 is 0.568 bits per heavy atom. The lowest BCUT2D eigenvalue weighted by Gasteiger charge is -2.29. The maximum absolute atomic E-state index is 6.32. The van der Waals surface area contributed by atoms with Crippen LogP contribution in [0.15, 0.2) is 146 Å². The largest absolute Gasteiger partial charge is 0.482 e. The van der Waals surface area contributed by atoms with Gasteiger partial charge in [0.2, 0.25) is 0 Å². The molecule has 0 saturated carbocycles. The molecule has 1 aliphatic carbocycles. The second-order valence-electron chi connectivity index (χ2n) is 12.0. The van der Waals surface area contributed by atoms with Gasteiger partial charge in [-0.2, -0.15) is 0 Å². The predicted octanol–water partition coefficient (Wildman–Crippen LogP) is 10.2. The van der Waals surface area contributed by atoms with Gasteiger partial charge in [0.15, 0.2) is 0 Å². The quantitative estimate of drug-likeness (QED) is 0.200. The van der Waals surface area contributed by atoms with Crippen LogP contribution in [0.5, 0.6) is 5.75 Å². The minimum absolute atomic E-state index is 0.214. The zero-order valence-electron chi connectivity index (χ0n) is 24.2.